The standard InChI is InChI=1S/C22H26N4O4/c1-29-11-9-25-15-24-20-18(16-6-3-2-4-7-16)13-26(21(20)22(25)28)14-19(27)23-12-17-8-5-10-30-17/h2-4,6-7,13,15,17H,5,8-12,14H2,1H3,(H,23,27). The number of rotatable bonds is 8. The molecule has 1 unspecified atom stereocenters. The molecule has 1 saturated heterocycles. The molecule has 158 valence electrons. The van der Waals surface area contributed by atoms with Crippen LogP contribution in [0.3, 0.4) is 0 Å². The topological polar surface area (TPSA) is 87.4 Å². The van der Waals surface area contributed by atoms with Crippen LogP contribution in [0, 0.1) is 0 Å². The Labute approximate surface area is 174 Å². The lowest BCUT2D eigenvalue weighted by Gasteiger charge is -2.11. The minimum absolute atomic E-state index is 0.0429. The van der Waals surface area contributed by atoms with Crippen LogP contribution in [-0.2, 0) is 27.4 Å². The minimum atomic E-state index is -0.189. The van der Waals surface area contributed by atoms with E-state index >= 15 is 0 Å². The third-order valence-corrected chi connectivity index (χ3v) is 5.33. The third-order valence-electron chi connectivity index (χ3n) is 5.33. The molecule has 1 amide bonds. The number of hydrogen-bond donors (Lipinski definition) is 1. The van der Waals surface area contributed by atoms with Crippen molar-refractivity contribution < 1.29 is 14.3 Å². The largest absolute Gasteiger partial charge is 0.383 e. The van der Waals surface area contributed by atoms with Gasteiger partial charge >= 0.3 is 0 Å². The van der Waals surface area contributed by atoms with E-state index in [0.717, 1.165) is 30.6 Å². The SMILES string of the molecule is COCCn1cnc2c(-c3ccccc3)cn(CC(=O)NCC3CCCO3)c2c1=O. The zero-order chi connectivity index (χ0) is 20.9. The van der Waals surface area contributed by atoms with Crippen LogP contribution < -0.4 is 10.9 Å². The highest BCUT2D eigenvalue weighted by Crippen LogP contribution is 2.27. The van der Waals surface area contributed by atoms with Crippen molar-refractivity contribution in [2.45, 2.75) is 32.0 Å². The summed E-state index contributed by atoms with van der Waals surface area (Å²) in [6.07, 6.45) is 5.43. The van der Waals surface area contributed by atoms with Gasteiger partial charge in [0, 0.05) is 32.0 Å². The van der Waals surface area contributed by atoms with Gasteiger partial charge in [-0.05, 0) is 18.4 Å². The van der Waals surface area contributed by atoms with E-state index in [1.54, 1.807) is 11.7 Å². The van der Waals surface area contributed by atoms with Gasteiger partial charge in [-0.15, -0.1) is 0 Å². The number of carbonyl (C=O) groups excluding carboxylic acids is 1. The second-order valence-electron chi connectivity index (χ2n) is 7.41. The Hall–Kier alpha value is -2.97. The van der Waals surface area contributed by atoms with Gasteiger partial charge < -0.3 is 19.4 Å². The second kappa shape index (κ2) is 9.23. The second-order valence-corrected chi connectivity index (χ2v) is 7.41. The summed E-state index contributed by atoms with van der Waals surface area (Å²) in [5.74, 6) is -0.159. The van der Waals surface area contributed by atoms with Crippen molar-refractivity contribution >= 4 is 16.9 Å². The molecule has 4 rings (SSSR count). The normalized spacial score (nSPS) is 16.2. The zero-order valence-electron chi connectivity index (χ0n) is 17.0. The first-order valence-electron chi connectivity index (χ1n) is 10.2. The lowest BCUT2D eigenvalue weighted by Crippen LogP contribution is -2.34. The van der Waals surface area contributed by atoms with E-state index in [1.165, 1.54) is 10.9 Å². The molecule has 1 aliphatic rings. The molecule has 0 bridgehead atoms. The number of benzene rings is 1. The first-order chi connectivity index (χ1) is 14.7. The fraction of sp³-hybridized carbons (Fsp3) is 0.409. The number of amides is 1. The van der Waals surface area contributed by atoms with E-state index in [0.29, 0.717) is 30.7 Å². The molecule has 8 nitrogen and oxygen atoms in total. The van der Waals surface area contributed by atoms with Gasteiger partial charge in [0.15, 0.2) is 0 Å². The number of hydrogen-bond acceptors (Lipinski definition) is 5. The van der Waals surface area contributed by atoms with Gasteiger partial charge in [-0.25, -0.2) is 4.98 Å². The molecule has 1 aromatic carbocycles. The highest BCUT2D eigenvalue weighted by atomic mass is 16.5. The van der Waals surface area contributed by atoms with Crippen LogP contribution in [0.2, 0.25) is 0 Å². The fourth-order valence-electron chi connectivity index (χ4n) is 3.76. The van der Waals surface area contributed by atoms with Crippen molar-refractivity contribution in [1.29, 1.82) is 0 Å². The maximum atomic E-state index is 13.1. The number of ether oxygens (including phenoxy) is 2. The molecular formula is C22H26N4O4. The fourth-order valence-corrected chi connectivity index (χ4v) is 3.76. The molecular weight excluding hydrogens is 384 g/mol. The van der Waals surface area contributed by atoms with Gasteiger partial charge in [-0.2, -0.15) is 0 Å². The van der Waals surface area contributed by atoms with E-state index in [-0.39, 0.29) is 24.1 Å². The Balaban J connectivity index is 1.67. The molecule has 0 spiro atoms. The van der Waals surface area contributed by atoms with Gasteiger partial charge in [0.25, 0.3) is 5.56 Å². The quantitative estimate of drug-likeness (QED) is 0.612. The average Bonchev–Trinajstić information content (AvgIpc) is 3.41. The number of nitrogens with zero attached hydrogens (tertiary/aromatic N) is 3. The van der Waals surface area contributed by atoms with E-state index in [9.17, 15) is 9.59 Å². The molecule has 1 N–H and O–H groups in total. The summed E-state index contributed by atoms with van der Waals surface area (Å²) < 4.78 is 13.9. The summed E-state index contributed by atoms with van der Waals surface area (Å²) in [7, 11) is 1.59. The Morgan fingerprint density at radius 2 is 2.13 bits per heavy atom. The smallest absolute Gasteiger partial charge is 0.277 e. The van der Waals surface area contributed by atoms with Crippen molar-refractivity contribution in [1.82, 2.24) is 19.4 Å². The number of aromatic nitrogens is 3. The van der Waals surface area contributed by atoms with Crippen LogP contribution in [-0.4, -0.2) is 53.0 Å². The summed E-state index contributed by atoms with van der Waals surface area (Å²) in [6, 6.07) is 9.75. The predicted octanol–water partition coefficient (Wildman–Crippen LogP) is 1.81. The Morgan fingerprint density at radius 1 is 1.30 bits per heavy atom. The zero-order valence-corrected chi connectivity index (χ0v) is 17.0. The van der Waals surface area contributed by atoms with Crippen molar-refractivity contribution in [3.63, 3.8) is 0 Å². The first-order valence-corrected chi connectivity index (χ1v) is 10.2. The van der Waals surface area contributed by atoms with E-state index in [2.05, 4.69) is 10.3 Å². The van der Waals surface area contributed by atoms with Gasteiger partial charge in [0.1, 0.15) is 17.6 Å². The summed E-state index contributed by atoms with van der Waals surface area (Å²) in [4.78, 5) is 30.3. The molecule has 1 fully saturated rings. The molecule has 0 saturated carbocycles. The van der Waals surface area contributed by atoms with Crippen LogP contribution in [0.5, 0.6) is 0 Å². The monoisotopic (exact) mass is 410 g/mol. The maximum absolute atomic E-state index is 13.1. The summed E-state index contributed by atoms with van der Waals surface area (Å²) in [5, 5.41) is 2.92. The molecule has 0 aliphatic carbocycles. The molecule has 2 aromatic heterocycles. The summed E-state index contributed by atoms with van der Waals surface area (Å²) >= 11 is 0. The maximum Gasteiger partial charge on any atom is 0.277 e. The Morgan fingerprint density at radius 3 is 2.87 bits per heavy atom. The summed E-state index contributed by atoms with van der Waals surface area (Å²) in [6.45, 7) is 2.08. The van der Waals surface area contributed by atoms with Crippen molar-refractivity contribution in [2.24, 2.45) is 0 Å². The Bertz CT molecular complexity index is 1070. The molecule has 0 radical (unpaired) electrons. The number of carbonyl (C=O) groups is 1. The molecule has 3 heterocycles. The van der Waals surface area contributed by atoms with Crippen LogP contribution in [0.4, 0.5) is 0 Å². The minimum Gasteiger partial charge on any atom is -0.383 e. The van der Waals surface area contributed by atoms with Gasteiger partial charge in [-0.1, -0.05) is 30.3 Å². The number of fused-ring (bicyclic) bond motifs is 1. The molecule has 3 aromatic rings. The predicted molar refractivity (Wildman–Crippen MR) is 113 cm³/mol. The average molecular weight is 410 g/mol. The third kappa shape index (κ3) is 4.29. The lowest BCUT2D eigenvalue weighted by atomic mass is 10.1. The number of nitrogens with one attached hydrogen (secondary N) is 1. The van der Waals surface area contributed by atoms with Crippen LogP contribution in [0.25, 0.3) is 22.2 Å². The van der Waals surface area contributed by atoms with Crippen molar-refractivity contribution in [3.8, 4) is 11.1 Å². The van der Waals surface area contributed by atoms with E-state index < -0.39 is 0 Å². The lowest BCUT2D eigenvalue weighted by molar-refractivity contribution is -0.122. The van der Waals surface area contributed by atoms with E-state index in [4.69, 9.17) is 9.47 Å². The van der Waals surface area contributed by atoms with Gasteiger partial charge in [0.2, 0.25) is 5.91 Å². The summed E-state index contributed by atoms with van der Waals surface area (Å²) in [5.41, 5.74) is 2.59. The highest BCUT2D eigenvalue weighted by molar-refractivity contribution is 5.93. The molecule has 1 aliphatic heterocycles. The van der Waals surface area contributed by atoms with Crippen molar-refractivity contribution in [2.75, 3.05) is 26.9 Å². The molecule has 1 atom stereocenters. The molecule has 30 heavy (non-hydrogen) atoms. The van der Waals surface area contributed by atoms with Crippen LogP contribution in [0.1, 0.15) is 12.8 Å². The first kappa shape index (κ1) is 20.3. The Kier molecular flexibility index (Phi) is 6.25. The van der Waals surface area contributed by atoms with E-state index in [1.807, 2.05) is 36.5 Å². The van der Waals surface area contributed by atoms with Crippen LogP contribution >= 0.6 is 0 Å². The molecule has 8 heteroatoms. The number of methoxy groups -OCH3 is 1. The highest BCUT2D eigenvalue weighted by Gasteiger charge is 2.19. The van der Waals surface area contributed by atoms with Gasteiger partial charge in [0.05, 0.1) is 25.6 Å². The van der Waals surface area contributed by atoms with Crippen LogP contribution in [0.15, 0.2) is 47.7 Å². The van der Waals surface area contributed by atoms with Gasteiger partial charge in [-0.3, -0.25) is 14.2 Å². The van der Waals surface area contributed by atoms with Crippen molar-refractivity contribution in [3.05, 3.63) is 53.2 Å².